The van der Waals surface area contributed by atoms with Crippen LogP contribution in [0.25, 0.3) is 11.1 Å². The highest BCUT2D eigenvalue weighted by atomic mass is 16.5. The number of rotatable bonds is 1. The summed E-state index contributed by atoms with van der Waals surface area (Å²) in [4.78, 5) is 33.9. The van der Waals surface area contributed by atoms with Crippen LogP contribution in [0.15, 0.2) is 24.7 Å². The number of ether oxygens (including phenoxy) is 1. The van der Waals surface area contributed by atoms with E-state index in [0.29, 0.717) is 24.5 Å². The van der Waals surface area contributed by atoms with Crippen LogP contribution in [0.4, 0.5) is 10.6 Å². The first-order valence-corrected chi connectivity index (χ1v) is 7.79. The van der Waals surface area contributed by atoms with Gasteiger partial charge in [-0.1, -0.05) is 0 Å². The molecule has 0 aliphatic carbocycles. The van der Waals surface area contributed by atoms with Crippen molar-refractivity contribution in [3.63, 3.8) is 0 Å². The molecular formula is C17H16N4O3. The van der Waals surface area contributed by atoms with Gasteiger partial charge in [-0.3, -0.25) is 14.7 Å². The van der Waals surface area contributed by atoms with Gasteiger partial charge in [0.1, 0.15) is 12.4 Å². The van der Waals surface area contributed by atoms with Gasteiger partial charge in [0.25, 0.3) is 0 Å². The Kier molecular flexibility index (Phi) is 3.50. The fourth-order valence-corrected chi connectivity index (χ4v) is 3.31. The number of aryl methyl sites for hydroxylation is 1. The van der Waals surface area contributed by atoms with Crippen LogP contribution in [0.1, 0.15) is 27.9 Å². The van der Waals surface area contributed by atoms with Gasteiger partial charge < -0.3 is 10.5 Å². The van der Waals surface area contributed by atoms with Crippen molar-refractivity contribution >= 4 is 17.6 Å². The molecule has 7 heteroatoms. The maximum atomic E-state index is 12.3. The van der Waals surface area contributed by atoms with Crippen molar-refractivity contribution in [2.45, 2.75) is 19.4 Å². The average molecular weight is 324 g/mol. The van der Waals surface area contributed by atoms with Crippen LogP contribution < -0.4 is 10.6 Å². The van der Waals surface area contributed by atoms with Gasteiger partial charge in [-0.25, -0.2) is 9.78 Å². The van der Waals surface area contributed by atoms with Gasteiger partial charge >= 0.3 is 6.03 Å². The average Bonchev–Trinajstić information content (AvgIpc) is 2.60. The largest absolute Gasteiger partial charge is 0.369 e. The van der Waals surface area contributed by atoms with Crippen LogP contribution in [0.5, 0.6) is 0 Å². The second kappa shape index (κ2) is 5.68. The van der Waals surface area contributed by atoms with Gasteiger partial charge in [-0.05, 0) is 24.5 Å². The molecule has 0 saturated heterocycles. The van der Waals surface area contributed by atoms with Crippen molar-refractivity contribution in [1.82, 2.24) is 9.97 Å². The number of nitrogens with zero attached hydrogens (tertiary/aromatic N) is 3. The fraction of sp³-hybridized carbons (Fsp3) is 0.294. The molecule has 2 aliphatic heterocycles. The van der Waals surface area contributed by atoms with Crippen LogP contribution in [-0.2, 0) is 17.8 Å². The first kappa shape index (κ1) is 14.8. The number of Topliss-reactive ketones (excluding diaryl/α,β-unsaturated/α-hetero) is 1. The minimum absolute atomic E-state index is 0.0508. The standard InChI is InChI=1S/C17H16N4O3/c18-17(23)21-3-1-2-10-4-11(6-20-16(10)21)13-7-19-5-12-8-24-9-14(22)15(12)13/h4-7H,1-3,8-9H2,(H2,18,23). The van der Waals surface area contributed by atoms with Gasteiger partial charge in [0.05, 0.1) is 6.61 Å². The number of fused-ring (bicyclic) bond motifs is 2. The van der Waals surface area contributed by atoms with Crippen molar-refractivity contribution in [2.24, 2.45) is 5.73 Å². The summed E-state index contributed by atoms with van der Waals surface area (Å²) in [5.41, 5.74) is 9.39. The van der Waals surface area contributed by atoms with E-state index in [4.69, 9.17) is 10.5 Å². The third-order valence-electron chi connectivity index (χ3n) is 4.40. The monoisotopic (exact) mass is 324 g/mol. The minimum Gasteiger partial charge on any atom is -0.369 e. The van der Waals surface area contributed by atoms with E-state index in [0.717, 1.165) is 35.1 Å². The number of amides is 2. The number of pyridine rings is 2. The Labute approximate surface area is 138 Å². The van der Waals surface area contributed by atoms with E-state index in [9.17, 15) is 9.59 Å². The summed E-state index contributed by atoms with van der Waals surface area (Å²) < 4.78 is 5.27. The molecule has 2 amide bonds. The van der Waals surface area contributed by atoms with E-state index in [-0.39, 0.29) is 12.4 Å². The highest BCUT2D eigenvalue weighted by Gasteiger charge is 2.25. The molecule has 2 aromatic rings. The molecule has 7 nitrogen and oxygen atoms in total. The summed E-state index contributed by atoms with van der Waals surface area (Å²) in [6, 6.07) is 1.47. The minimum atomic E-state index is -0.498. The zero-order chi connectivity index (χ0) is 16.7. The Morgan fingerprint density at radius 2 is 2.08 bits per heavy atom. The first-order valence-electron chi connectivity index (χ1n) is 7.79. The molecule has 0 spiro atoms. The Morgan fingerprint density at radius 3 is 2.92 bits per heavy atom. The second-order valence-electron chi connectivity index (χ2n) is 5.94. The van der Waals surface area contributed by atoms with Crippen molar-refractivity contribution in [3.05, 3.63) is 41.3 Å². The molecule has 2 aliphatic rings. The number of carbonyl (C=O) groups excluding carboxylic acids is 2. The van der Waals surface area contributed by atoms with Crippen molar-refractivity contribution in [3.8, 4) is 11.1 Å². The maximum absolute atomic E-state index is 12.3. The lowest BCUT2D eigenvalue weighted by molar-refractivity contribution is 0.0665. The normalized spacial score (nSPS) is 16.5. The zero-order valence-electron chi connectivity index (χ0n) is 13.0. The molecule has 0 fully saturated rings. The number of nitrogens with two attached hydrogens (primary N) is 1. The molecule has 4 rings (SSSR count). The summed E-state index contributed by atoms with van der Waals surface area (Å²) in [5, 5.41) is 0. The number of urea groups is 1. The molecular weight excluding hydrogens is 308 g/mol. The molecule has 0 bridgehead atoms. The lowest BCUT2D eigenvalue weighted by Crippen LogP contribution is -2.40. The fourth-order valence-electron chi connectivity index (χ4n) is 3.31. The van der Waals surface area contributed by atoms with Crippen molar-refractivity contribution in [1.29, 1.82) is 0 Å². The van der Waals surface area contributed by atoms with Gasteiger partial charge in [0, 0.05) is 47.4 Å². The Morgan fingerprint density at radius 1 is 1.21 bits per heavy atom. The topological polar surface area (TPSA) is 98.4 Å². The van der Waals surface area contributed by atoms with Crippen LogP contribution >= 0.6 is 0 Å². The summed E-state index contributed by atoms with van der Waals surface area (Å²) in [6.07, 6.45) is 6.66. The van der Waals surface area contributed by atoms with Gasteiger partial charge in [-0.2, -0.15) is 0 Å². The van der Waals surface area contributed by atoms with E-state index < -0.39 is 6.03 Å². The quantitative estimate of drug-likeness (QED) is 0.860. The molecule has 24 heavy (non-hydrogen) atoms. The number of anilines is 1. The number of aromatic nitrogens is 2. The second-order valence-corrected chi connectivity index (χ2v) is 5.94. The molecule has 2 aromatic heterocycles. The molecule has 0 unspecified atom stereocenters. The maximum Gasteiger partial charge on any atom is 0.320 e. The SMILES string of the molecule is NC(=O)N1CCCc2cc(-c3cncc4c3C(=O)COC4)cnc21. The number of ketones is 1. The van der Waals surface area contributed by atoms with Gasteiger partial charge in [-0.15, -0.1) is 0 Å². The van der Waals surface area contributed by atoms with Crippen LogP contribution in [0, 0.1) is 0 Å². The molecule has 0 atom stereocenters. The Hall–Kier alpha value is -2.80. The summed E-state index contributed by atoms with van der Waals surface area (Å²) in [5.74, 6) is 0.551. The predicted octanol–water partition coefficient (Wildman–Crippen LogP) is 1.69. The predicted molar refractivity (Wildman–Crippen MR) is 86.7 cm³/mol. The number of hydrogen-bond acceptors (Lipinski definition) is 5. The van der Waals surface area contributed by atoms with Gasteiger partial charge in [0.15, 0.2) is 5.78 Å². The number of primary amides is 1. The Balaban J connectivity index is 1.82. The zero-order valence-corrected chi connectivity index (χ0v) is 13.0. The summed E-state index contributed by atoms with van der Waals surface area (Å²) in [6.45, 7) is 1.04. The van der Waals surface area contributed by atoms with Crippen LogP contribution in [0.3, 0.4) is 0 Å². The van der Waals surface area contributed by atoms with Crippen LogP contribution in [-0.4, -0.2) is 34.9 Å². The van der Waals surface area contributed by atoms with E-state index in [1.807, 2.05) is 6.07 Å². The van der Waals surface area contributed by atoms with Crippen LogP contribution in [0.2, 0.25) is 0 Å². The number of hydrogen-bond donors (Lipinski definition) is 1. The van der Waals surface area contributed by atoms with Crippen molar-refractivity contribution in [2.75, 3.05) is 18.1 Å². The molecule has 2 N–H and O–H groups in total. The number of carbonyl (C=O) groups is 2. The lowest BCUT2D eigenvalue weighted by Gasteiger charge is -2.27. The molecule has 0 radical (unpaired) electrons. The third kappa shape index (κ3) is 2.33. The molecule has 0 saturated carbocycles. The lowest BCUT2D eigenvalue weighted by atomic mass is 9.93. The Bertz CT molecular complexity index is 850. The smallest absolute Gasteiger partial charge is 0.320 e. The third-order valence-corrected chi connectivity index (χ3v) is 4.40. The van der Waals surface area contributed by atoms with Crippen molar-refractivity contribution < 1.29 is 14.3 Å². The van der Waals surface area contributed by atoms with E-state index in [2.05, 4.69) is 9.97 Å². The molecule has 0 aromatic carbocycles. The van der Waals surface area contributed by atoms with E-state index >= 15 is 0 Å². The summed E-state index contributed by atoms with van der Waals surface area (Å²) in [7, 11) is 0. The molecule has 122 valence electrons. The highest BCUT2D eigenvalue weighted by molar-refractivity contribution is 6.05. The first-order chi connectivity index (χ1) is 11.6. The van der Waals surface area contributed by atoms with E-state index in [1.165, 1.54) is 4.90 Å². The molecule has 4 heterocycles. The highest BCUT2D eigenvalue weighted by Crippen LogP contribution is 2.32. The summed E-state index contributed by atoms with van der Waals surface area (Å²) >= 11 is 0. The van der Waals surface area contributed by atoms with E-state index in [1.54, 1.807) is 18.6 Å². The van der Waals surface area contributed by atoms with Gasteiger partial charge in [0.2, 0.25) is 0 Å².